The summed E-state index contributed by atoms with van der Waals surface area (Å²) in [5.74, 6) is 0.871. The second kappa shape index (κ2) is 10.3. The van der Waals surface area contributed by atoms with E-state index in [1.165, 1.54) is 0 Å². The molecule has 0 spiro atoms. The molecule has 1 aromatic heterocycles. The van der Waals surface area contributed by atoms with Crippen LogP contribution in [0.2, 0.25) is 0 Å². The molecule has 0 aliphatic heterocycles. The molecule has 0 saturated heterocycles. The number of hydrogen-bond acceptors (Lipinski definition) is 5. The fourth-order valence-electron chi connectivity index (χ4n) is 2.62. The van der Waals surface area contributed by atoms with Gasteiger partial charge in [0.25, 0.3) is 5.91 Å². The fourth-order valence-corrected chi connectivity index (χ4v) is 2.62. The maximum absolute atomic E-state index is 12.2. The Morgan fingerprint density at radius 3 is 2.45 bits per heavy atom. The van der Waals surface area contributed by atoms with Crippen molar-refractivity contribution in [3.05, 3.63) is 72.6 Å². The summed E-state index contributed by atoms with van der Waals surface area (Å²) in [6, 6.07) is 17.2. The van der Waals surface area contributed by atoms with Gasteiger partial charge >= 0.3 is 0 Å². The zero-order chi connectivity index (χ0) is 20.5. The first kappa shape index (κ1) is 20.4. The van der Waals surface area contributed by atoms with Crippen molar-refractivity contribution < 1.29 is 14.3 Å². The van der Waals surface area contributed by atoms with Gasteiger partial charge in [0.2, 0.25) is 0 Å². The Bertz CT molecular complexity index is 909. The van der Waals surface area contributed by atoms with E-state index in [-0.39, 0.29) is 12.5 Å². The van der Waals surface area contributed by atoms with Crippen LogP contribution in [-0.2, 0) is 17.9 Å². The van der Waals surface area contributed by atoms with Crippen LogP contribution in [0.4, 0.5) is 5.69 Å². The van der Waals surface area contributed by atoms with Crippen molar-refractivity contribution in [1.29, 1.82) is 0 Å². The first-order chi connectivity index (χ1) is 14.1. The van der Waals surface area contributed by atoms with Gasteiger partial charge in [0.15, 0.2) is 18.1 Å². The minimum Gasteiger partial charge on any atom is -0.485 e. The molecule has 7 heteroatoms. The Balaban J connectivity index is 1.50. The lowest BCUT2D eigenvalue weighted by molar-refractivity contribution is -0.118. The molecule has 0 unspecified atom stereocenters. The van der Waals surface area contributed by atoms with Crippen LogP contribution in [-0.4, -0.2) is 47.8 Å². The number of rotatable bonds is 10. The summed E-state index contributed by atoms with van der Waals surface area (Å²) in [4.78, 5) is 14.3. The number of likely N-dealkylation sites (N-methyl/N-ethyl adjacent to an activating group) is 1. The highest BCUT2D eigenvalue weighted by Gasteiger charge is 2.09. The standard InChI is InChI=1S/C22H26N4O3/c1-25(2)12-13-26-15-19(14-23-26)24-22(27)17-29-21-11-7-6-10-20(21)28-16-18-8-4-3-5-9-18/h3-11,14-15H,12-13,16-17H2,1-2H3,(H,24,27). The molecule has 0 atom stereocenters. The van der Waals surface area contributed by atoms with Crippen LogP contribution >= 0.6 is 0 Å². The molecule has 0 radical (unpaired) electrons. The van der Waals surface area contributed by atoms with E-state index in [0.717, 1.165) is 18.7 Å². The molecule has 1 heterocycles. The number of para-hydroxylation sites is 2. The molecular weight excluding hydrogens is 368 g/mol. The lowest BCUT2D eigenvalue weighted by Gasteiger charge is -2.12. The first-order valence-electron chi connectivity index (χ1n) is 9.46. The summed E-state index contributed by atoms with van der Waals surface area (Å²) in [6.07, 6.45) is 3.43. The van der Waals surface area contributed by atoms with E-state index in [1.807, 2.05) is 62.6 Å². The Hall–Kier alpha value is -3.32. The summed E-state index contributed by atoms with van der Waals surface area (Å²) in [5, 5.41) is 7.04. The third-order valence-electron chi connectivity index (χ3n) is 4.14. The lowest BCUT2D eigenvalue weighted by Crippen LogP contribution is -2.20. The summed E-state index contributed by atoms with van der Waals surface area (Å²) in [7, 11) is 4.01. The Morgan fingerprint density at radius 2 is 1.72 bits per heavy atom. The van der Waals surface area contributed by atoms with E-state index in [9.17, 15) is 4.79 Å². The highest BCUT2D eigenvalue weighted by molar-refractivity contribution is 5.91. The number of aromatic nitrogens is 2. The Labute approximate surface area is 170 Å². The van der Waals surface area contributed by atoms with Gasteiger partial charge in [-0.2, -0.15) is 5.10 Å². The summed E-state index contributed by atoms with van der Waals surface area (Å²) >= 11 is 0. The van der Waals surface area contributed by atoms with Crippen molar-refractivity contribution in [2.24, 2.45) is 0 Å². The fraction of sp³-hybridized carbons (Fsp3) is 0.273. The van der Waals surface area contributed by atoms with Crippen LogP contribution < -0.4 is 14.8 Å². The van der Waals surface area contributed by atoms with Crippen molar-refractivity contribution in [3.8, 4) is 11.5 Å². The minimum atomic E-state index is -0.255. The summed E-state index contributed by atoms with van der Waals surface area (Å²) in [6.45, 7) is 1.94. The molecule has 152 valence electrons. The van der Waals surface area contributed by atoms with Crippen LogP contribution in [0.25, 0.3) is 0 Å². The number of carbonyl (C=O) groups is 1. The zero-order valence-electron chi connectivity index (χ0n) is 16.7. The average molecular weight is 394 g/mol. The van der Waals surface area contributed by atoms with Gasteiger partial charge in [-0.05, 0) is 31.8 Å². The summed E-state index contributed by atoms with van der Waals surface area (Å²) < 4.78 is 13.3. The van der Waals surface area contributed by atoms with Gasteiger partial charge in [0, 0.05) is 12.7 Å². The number of nitrogens with one attached hydrogen (secondary N) is 1. The predicted octanol–water partition coefficient (Wildman–Crippen LogP) is 3.04. The van der Waals surface area contributed by atoms with Crippen LogP contribution in [0.15, 0.2) is 67.0 Å². The molecule has 3 aromatic rings. The molecule has 7 nitrogen and oxygen atoms in total. The van der Waals surface area contributed by atoms with Crippen molar-refractivity contribution in [3.63, 3.8) is 0 Å². The number of carbonyl (C=O) groups excluding carboxylic acids is 1. The third kappa shape index (κ3) is 6.65. The number of benzene rings is 2. The molecule has 1 N–H and O–H groups in total. The van der Waals surface area contributed by atoms with E-state index in [0.29, 0.717) is 23.8 Å². The van der Waals surface area contributed by atoms with Crippen molar-refractivity contribution >= 4 is 11.6 Å². The molecular formula is C22H26N4O3. The third-order valence-corrected chi connectivity index (χ3v) is 4.14. The molecule has 0 saturated carbocycles. The molecule has 2 aromatic carbocycles. The van der Waals surface area contributed by atoms with E-state index < -0.39 is 0 Å². The van der Waals surface area contributed by atoms with E-state index >= 15 is 0 Å². The molecule has 0 aliphatic rings. The van der Waals surface area contributed by atoms with Gasteiger partial charge in [-0.25, -0.2) is 0 Å². The monoisotopic (exact) mass is 394 g/mol. The molecule has 0 bridgehead atoms. The average Bonchev–Trinajstić information content (AvgIpc) is 3.18. The van der Waals surface area contributed by atoms with E-state index in [4.69, 9.17) is 9.47 Å². The maximum atomic E-state index is 12.2. The largest absolute Gasteiger partial charge is 0.485 e. The molecule has 29 heavy (non-hydrogen) atoms. The van der Waals surface area contributed by atoms with Crippen LogP contribution in [0.1, 0.15) is 5.56 Å². The Kier molecular flexibility index (Phi) is 7.24. The van der Waals surface area contributed by atoms with Gasteiger partial charge in [0.05, 0.1) is 18.4 Å². The number of nitrogens with zero attached hydrogens (tertiary/aromatic N) is 3. The zero-order valence-corrected chi connectivity index (χ0v) is 16.7. The van der Waals surface area contributed by atoms with Crippen molar-refractivity contribution in [2.45, 2.75) is 13.2 Å². The van der Waals surface area contributed by atoms with Gasteiger partial charge in [0.1, 0.15) is 6.61 Å². The smallest absolute Gasteiger partial charge is 0.262 e. The second-order valence-electron chi connectivity index (χ2n) is 6.85. The number of anilines is 1. The van der Waals surface area contributed by atoms with Gasteiger partial charge in [-0.3, -0.25) is 9.48 Å². The topological polar surface area (TPSA) is 68.6 Å². The van der Waals surface area contributed by atoms with Crippen molar-refractivity contribution in [2.75, 3.05) is 32.6 Å². The number of ether oxygens (including phenoxy) is 2. The quantitative estimate of drug-likeness (QED) is 0.572. The molecule has 1 amide bonds. The second-order valence-corrected chi connectivity index (χ2v) is 6.85. The van der Waals surface area contributed by atoms with Gasteiger partial charge < -0.3 is 19.7 Å². The van der Waals surface area contributed by atoms with Crippen LogP contribution in [0, 0.1) is 0 Å². The normalized spacial score (nSPS) is 10.7. The minimum absolute atomic E-state index is 0.116. The van der Waals surface area contributed by atoms with Gasteiger partial charge in [-0.15, -0.1) is 0 Å². The molecule has 3 rings (SSSR count). The highest BCUT2D eigenvalue weighted by Crippen LogP contribution is 2.27. The lowest BCUT2D eigenvalue weighted by atomic mass is 10.2. The van der Waals surface area contributed by atoms with E-state index in [1.54, 1.807) is 23.1 Å². The van der Waals surface area contributed by atoms with Crippen LogP contribution in [0.5, 0.6) is 11.5 Å². The molecule has 0 aliphatic carbocycles. The van der Waals surface area contributed by atoms with E-state index in [2.05, 4.69) is 15.3 Å². The SMILES string of the molecule is CN(C)CCn1cc(NC(=O)COc2ccccc2OCc2ccccc2)cn1. The number of hydrogen-bond donors (Lipinski definition) is 1. The van der Waals surface area contributed by atoms with Crippen molar-refractivity contribution in [1.82, 2.24) is 14.7 Å². The van der Waals surface area contributed by atoms with Crippen LogP contribution in [0.3, 0.4) is 0 Å². The molecule has 0 fully saturated rings. The first-order valence-corrected chi connectivity index (χ1v) is 9.46. The predicted molar refractivity (Wildman–Crippen MR) is 112 cm³/mol. The summed E-state index contributed by atoms with van der Waals surface area (Å²) in [5.41, 5.74) is 1.71. The van der Waals surface area contributed by atoms with Gasteiger partial charge in [-0.1, -0.05) is 42.5 Å². The highest BCUT2D eigenvalue weighted by atomic mass is 16.5. The Morgan fingerprint density at radius 1 is 1.03 bits per heavy atom. The number of amides is 1. The maximum Gasteiger partial charge on any atom is 0.262 e.